The Hall–Kier alpha value is -1.27. The average Bonchev–Trinajstić information content (AvgIpc) is 3.01. The van der Waals surface area contributed by atoms with Gasteiger partial charge in [-0.1, -0.05) is 31.3 Å². The summed E-state index contributed by atoms with van der Waals surface area (Å²) < 4.78 is 0. The summed E-state index contributed by atoms with van der Waals surface area (Å²) in [6.45, 7) is 4.28. The Labute approximate surface area is 114 Å². The van der Waals surface area contributed by atoms with E-state index >= 15 is 0 Å². The van der Waals surface area contributed by atoms with Gasteiger partial charge in [0.1, 0.15) is 5.01 Å². The molecule has 0 unspecified atom stereocenters. The number of carbonyl (C=O) groups is 1. The minimum atomic E-state index is -0.114. The van der Waals surface area contributed by atoms with Crippen LogP contribution in [0.2, 0.25) is 0 Å². The Bertz CT molecular complexity index is 503. The summed E-state index contributed by atoms with van der Waals surface area (Å²) in [5.41, 5.74) is 0. The molecule has 0 aliphatic carbocycles. The summed E-state index contributed by atoms with van der Waals surface area (Å²) in [5.74, 6) is 0.326. The maximum Gasteiger partial charge on any atom is 0.267 e. The van der Waals surface area contributed by atoms with Crippen molar-refractivity contribution in [2.75, 3.05) is 5.32 Å². The Morgan fingerprint density at radius 3 is 2.78 bits per heavy atom. The molecule has 2 aromatic heterocycles. The first-order valence-corrected chi connectivity index (χ1v) is 7.62. The Morgan fingerprint density at radius 2 is 2.17 bits per heavy atom. The van der Waals surface area contributed by atoms with E-state index in [4.69, 9.17) is 0 Å². The van der Waals surface area contributed by atoms with Crippen LogP contribution in [-0.4, -0.2) is 16.1 Å². The molecule has 0 saturated heterocycles. The lowest BCUT2D eigenvalue weighted by molar-refractivity contribution is 0.103. The number of hydrogen-bond acceptors (Lipinski definition) is 5. The second-order valence-corrected chi connectivity index (χ2v) is 5.85. The molecule has 0 aliphatic heterocycles. The molecular formula is C12H15N3OS2. The van der Waals surface area contributed by atoms with Crippen molar-refractivity contribution >= 4 is 33.7 Å². The summed E-state index contributed by atoms with van der Waals surface area (Å²) in [6, 6.07) is 3.65. The molecule has 0 atom stereocenters. The topological polar surface area (TPSA) is 54.9 Å². The standard InChI is InChI=1S/C12H15N3OS2/c1-3-8(4-2)11-14-15-12(18-11)13-10(16)9-6-5-7-17-9/h5-8H,3-4H2,1-2H3,(H,13,15,16). The van der Waals surface area contributed by atoms with E-state index in [1.807, 2.05) is 11.4 Å². The number of aromatic nitrogens is 2. The molecule has 2 heterocycles. The maximum atomic E-state index is 11.8. The molecule has 18 heavy (non-hydrogen) atoms. The summed E-state index contributed by atoms with van der Waals surface area (Å²) in [7, 11) is 0. The quantitative estimate of drug-likeness (QED) is 0.908. The van der Waals surface area contributed by atoms with Crippen LogP contribution in [0, 0.1) is 0 Å². The zero-order chi connectivity index (χ0) is 13.0. The van der Waals surface area contributed by atoms with Crippen LogP contribution in [0.4, 0.5) is 5.13 Å². The van der Waals surface area contributed by atoms with E-state index in [0.29, 0.717) is 15.9 Å². The van der Waals surface area contributed by atoms with Crippen molar-refractivity contribution in [2.24, 2.45) is 0 Å². The van der Waals surface area contributed by atoms with E-state index in [-0.39, 0.29) is 5.91 Å². The Balaban J connectivity index is 2.05. The van der Waals surface area contributed by atoms with Crippen LogP contribution in [0.25, 0.3) is 0 Å². The van der Waals surface area contributed by atoms with Gasteiger partial charge in [-0.3, -0.25) is 10.1 Å². The Kier molecular flexibility index (Phi) is 4.43. The van der Waals surface area contributed by atoms with E-state index in [1.54, 1.807) is 6.07 Å². The van der Waals surface area contributed by atoms with Crippen molar-refractivity contribution in [3.05, 3.63) is 27.4 Å². The number of amides is 1. The van der Waals surface area contributed by atoms with Crippen LogP contribution in [0.1, 0.15) is 47.3 Å². The molecule has 4 nitrogen and oxygen atoms in total. The molecule has 0 saturated carbocycles. The number of anilines is 1. The first-order chi connectivity index (χ1) is 8.74. The number of nitrogens with one attached hydrogen (secondary N) is 1. The van der Waals surface area contributed by atoms with Gasteiger partial charge in [0.25, 0.3) is 5.91 Å². The normalized spacial score (nSPS) is 10.8. The van der Waals surface area contributed by atoms with Crippen LogP contribution >= 0.6 is 22.7 Å². The van der Waals surface area contributed by atoms with E-state index in [2.05, 4.69) is 29.4 Å². The smallest absolute Gasteiger partial charge is 0.267 e. The fraction of sp³-hybridized carbons (Fsp3) is 0.417. The summed E-state index contributed by atoms with van der Waals surface area (Å²) in [6.07, 6.45) is 2.09. The van der Waals surface area contributed by atoms with E-state index in [9.17, 15) is 4.79 Å². The number of hydrogen-bond donors (Lipinski definition) is 1. The van der Waals surface area contributed by atoms with Crippen LogP contribution < -0.4 is 5.32 Å². The van der Waals surface area contributed by atoms with E-state index in [1.165, 1.54) is 22.7 Å². The van der Waals surface area contributed by atoms with Gasteiger partial charge in [-0.05, 0) is 24.3 Å². The van der Waals surface area contributed by atoms with Gasteiger partial charge in [0.05, 0.1) is 4.88 Å². The van der Waals surface area contributed by atoms with Crippen LogP contribution in [-0.2, 0) is 0 Å². The zero-order valence-corrected chi connectivity index (χ0v) is 12.0. The lowest BCUT2D eigenvalue weighted by Gasteiger charge is -2.05. The first kappa shape index (κ1) is 13.2. The molecule has 1 amide bonds. The van der Waals surface area contributed by atoms with Gasteiger partial charge in [-0.15, -0.1) is 21.5 Å². The van der Waals surface area contributed by atoms with Crippen LogP contribution in [0.15, 0.2) is 17.5 Å². The van der Waals surface area contributed by atoms with Crippen molar-refractivity contribution in [3.8, 4) is 0 Å². The van der Waals surface area contributed by atoms with E-state index < -0.39 is 0 Å². The molecule has 1 N–H and O–H groups in total. The molecule has 0 spiro atoms. The molecule has 2 aromatic rings. The van der Waals surface area contributed by atoms with Crippen molar-refractivity contribution in [1.29, 1.82) is 0 Å². The minimum absolute atomic E-state index is 0.114. The molecule has 0 bridgehead atoms. The third kappa shape index (κ3) is 2.94. The van der Waals surface area contributed by atoms with Gasteiger partial charge < -0.3 is 0 Å². The highest BCUT2D eigenvalue weighted by Crippen LogP contribution is 2.28. The van der Waals surface area contributed by atoms with E-state index in [0.717, 1.165) is 17.8 Å². The maximum absolute atomic E-state index is 11.8. The molecule has 96 valence electrons. The summed E-state index contributed by atoms with van der Waals surface area (Å²) in [4.78, 5) is 12.5. The lowest BCUT2D eigenvalue weighted by Crippen LogP contribution is -2.09. The number of rotatable bonds is 5. The predicted octanol–water partition coefficient (Wildman–Crippen LogP) is 3.76. The highest BCUT2D eigenvalue weighted by atomic mass is 32.1. The molecule has 0 aliphatic rings. The number of nitrogens with zero attached hydrogens (tertiary/aromatic N) is 2. The third-order valence-electron chi connectivity index (χ3n) is 2.74. The minimum Gasteiger partial charge on any atom is -0.296 e. The molecule has 0 radical (unpaired) electrons. The number of thiophene rings is 1. The lowest BCUT2D eigenvalue weighted by atomic mass is 10.1. The molecule has 6 heteroatoms. The second kappa shape index (κ2) is 6.06. The third-order valence-corrected chi connectivity index (χ3v) is 4.61. The van der Waals surface area contributed by atoms with Crippen LogP contribution in [0.5, 0.6) is 0 Å². The van der Waals surface area contributed by atoms with Gasteiger partial charge in [0.15, 0.2) is 0 Å². The van der Waals surface area contributed by atoms with Gasteiger partial charge in [0, 0.05) is 5.92 Å². The van der Waals surface area contributed by atoms with Gasteiger partial charge in [-0.25, -0.2) is 0 Å². The van der Waals surface area contributed by atoms with Crippen LogP contribution in [0.3, 0.4) is 0 Å². The monoisotopic (exact) mass is 281 g/mol. The van der Waals surface area contributed by atoms with Crippen molar-refractivity contribution in [3.63, 3.8) is 0 Å². The summed E-state index contributed by atoms with van der Waals surface area (Å²) >= 11 is 2.88. The molecule has 0 fully saturated rings. The van der Waals surface area contributed by atoms with Crippen molar-refractivity contribution in [2.45, 2.75) is 32.6 Å². The SMILES string of the molecule is CCC(CC)c1nnc(NC(=O)c2cccs2)s1. The van der Waals surface area contributed by atoms with Gasteiger partial charge in [0.2, 0.25) is 5.13 Å². The zero-order valence-electron chi connectivity index (χ0n) is 10.3. The molecule has 0 aromatic carbocycles. The summed E-state index contributed by atoms with van der Waals surface area (Å²) in [5, 5.41) is 14.4. The second-order valence-electron chi connectivity index (χ2n) is 3.89. The average molecular weight is 281 g/mol. The van der Waals surface area contributed by atoms with Gasteiger partial charge in [-0.2, -0.15) is 0 Å². The van der Waals surface area contributed by atoms with Gasteiger partial charge >= 0.3 is 0 Å². The van der Waals surface area contributed by atoms with Crippen molar-refractivity contribution in [1.82, 2.24) is 10.2 Å². The highest BCUT2D eigenvalue weighted by Gasteiger charge is 2.15. The fourth-order valence-corrected chi connectivity index (χ4v) is 3.28. The number of carbonyl (C=O) groups excluding carboxylic acids is 1. The molecular weight excluding hydrogens is 266 g/mol. The Morgan fingerprint density at radius 1 is 1.39 bits per heavy atom. The first-order valence-electron chi connectivity index (χ1n) is 5.92. The highest BCUT2D eigenvalue weighted by molar-refractivity contribution is 7.15. The van der Waals surface area contributed by atoms with Crippen molar-refractivity contribution < 1.29 is 4.79 Å². The predicted molar refractivity (Wildman–Crippen MR) is 75.5 cm³/mol. The fourth-order valence-electron chi connectivity index (χ4n) is 1.65. The largest absolute Gasteiger partial charge is 0.296 e. The molecule has 2 rings (SSSR count).